The van der Waals surface area contributed by atoms with Crippen LogP contribution >= 0.6 is 0 Å². The minimum Gasteiger partial charge on any atom is -0.378 e. The largest absolute Gasteiger partial charge is 0.378 e. The van der Waals surface area contributed by atoms with E-state index in [-0.39, 0.29) is 10.8 Å². The molecule has 8 nitrogen and oxygen atoms in total. The van der Waals surface area contributed by atoms with Gasteiger partial charge in [-0.1, -0.05) is 6.42 Å². The predicted molar refractivity (Wildman–Crippen MR) is 110 cm³/mol. The topological polar surface area (TPSA) is 88.2 Å². The maximum Gasteiger partial charge on any atom is 0.253 e. The van der Waals surface area contributed by atoms with Crippen LogP contribution in [0.5, 0.6) is 0 Å². The summed E-state index contributed by atoms with van der Waals surface area (Å²) in [5.74, 6) is -0.218. The smallest absolute Gasteiger partial charge is 0.253 e. The number of sulfonamides is 1. The van der Waals surface area contributed by atoms with Gasteiger partial charge in [0.05, 0.1) is 29.5 Å². The summed E-state index contributed by atoms with van der Waals surface area (Å²) in [7, 11) is -3.58. The summed E-state index contributed by atoms with van der Waals surface area (Å²) in [4.78, 5) is 15.0. The molecular weight excluding hydrogens is 394 g/mol. The molecule has 1 aromatic carbocycles. The number of piperidine rings is 1. The van der Waals surface area contributed by atoms with Gasteiger partial charge in [0.2, 0.25) is 10.0 Å². The van der Waals surface area contributed by atoms with E-state index in [0.29, 0.717) is 58.1 Å². The van der Waals surface area contributed by atoms with E-state index in [4.69, 9.17) is 9.47 Å². The highest BCUT2D eigenvalue weighted by Crippen LogP contribution is 2.32. The molecule has 0 radical (unpaired) electrons. The van der Waals surface area contributed by atoms with Gasteiger partial charge in [0.25, 0.3) is 5.91 Å². The molecule has 0 spiro atoms. The summed E-state index contributed by atoms with van der Waals surface area (Å²) in [6.07, 6.45) is 3.89. The van der Waals surface area contributed by atoms with Crippen molar-refractivity contribution in [2.75, 3.05) is 56.2 Å². The van der Waals surface area contributed by atoms with Crippen LogP contribution in [0.15, 0.2) is 23.1 Å². The molecule has 3 aliphatic heterocycles. The molecule has 0 bridgehead atoms. The van der Waals surface area contributed by atoms with Crippen molar-refractivity contribution >= 4 is 27.3 Å². The maximum atomic E-state index is 13.1. The normalized spacial score (nSPS) is 23.9. The number of carbonyl (C=O) groups is 1. The Labute approximate surface area is 172 Å². The Morgan fingerprint density at radius 3 is 2.45 bits per heavy atom. The van der Waals surface area contributed by atoms with Crippen molar-refractivity contribution in [3.63, 3.8) is 0 Å². The van der Waals surface area contributed by atoms with Crippen LogP contribution in [0.25, 0.3) is 0 Å². The number of hydrogen-bond donors (Lipinski definition) is 1. The standard InChI is InChI=1S/C20H29N3O5S/c24-20(19-5-4-12-28-19)21-17-15-16(29(25,26)23-8-2-1-3-9-23)6-7-18(17)22-10-13-27-14-11-22/h6-7,15,19H,1-5,8-14H2,(H,21,24). The van der Waals surface area contributed by atoms with E-state index in [9.17, 15) is 13.2 Å². The van der Waals surface area contributed by atoms with E-state index in [1.165, 1.54) is 0 Å². The van der Waals surface area contributed by atoms with Crippen molar-refractivity contribution in [3.05, 3.63) is 18.2 Å². The predicted octanol–water partition coefficient (Wildman–Crippen LogP) is 1.82. The van der Waals surface area contributed by atoms with Crippen LogP contribution in [-0.2, 0) is 24.3 Å². The van der Waals surface area contributed by atoms with Crippen molar-refractivity contribution in [2.45, 2.75) is 43.1 Å². The van der Waals surface area contributed by atoms with Gasteiger partial charge in [-0.05, 0) is 43.9 Å². The zero-order valence-corrected chi connectivity index (χ0v) is 17.5. The Hall–Kier alpha value is -1.68. The van der Waals surface area contributed by atoms with E-state index in [2.05, 4.69) is 10.2 Å². The highest BCUT2D eigenvalue weighted by Gasteiger charge is 2.29. The second kappa shape index (κ2) is 8.99. The zero-order chi connectivity index (χ0) is 20.3. The first-order chi connectivity index (χ1) is 14.1. The van der Waals surface area contributed by atoms with Crippen molar-refractivity contribution in [1.29, 1.82) is 0 Å². The van der Waals surface area contributed by atoms with Gasteiger partial charge in [0.15, 0.2) is 0 Å². The lowest BCUT2D eigenvalue weighted by atomic mass is 10.2. The van der Waals surface area contributed by atoms with Crippen LogP contribution in [0.1, 0.15) is 32.1 Å². The fourth-order valence-electron chi connectivity index (χ4n) is 4.11. The van der Waals surface area contributed by atoms with Crippen LogP contribution in [0, 0.1) is 0 Å². The lowest BCUT2D eigenvalue weighted by Crippen LogP contribution is -2.38. The first kappa shape index (κ1) is 20.6. The summed E-state index contributed by atoms with van der Waals surface area (Å²) >= 11 is 0. The number of carbonyl (C=O) groups excluding carboxylic acids is 1. The molecular formula is C20H29N3O5S. The summed E-state index contributed by atoms with van der Waals surface area (Å²) in [6.45, 7) is 4.27. The van der Waals surface area contributed by atoms with Crippen LogP contribution in [0.2, 0.25) is 0 Å². The molecule has 0 aromatic heterocycles. The Bertz CT molecular complexity index is 827. The molecule has 160 valence electrons. The Balaban J connectivity index is 1.64. The maximum absolute atomic E-state index is 13.1. The van der Waals surface area contributed by atoms with Crippen molar-refractivity contribution in [3.8, 4) is 0 Å². The summed E-state index contributed by atoms with van der Waals surface area (Å²) < 4.78 is 38.7. The third kappa shape index (κ3) is 4.58. The minimum atomic E-state index is -3.58. The van der Waals surface area contributed by atoms with Gasteiger partial charge in [-0.25, -0.2) is 8.42 Å². The van der Waals surface area contributed by atoms with E-state index in [1.807, 2.05) is 0 Å². The first-order valence-corrected chi connectivity index (χ1v) is 11.9. The molecule has 3 heterocycles. The third-order valence-corrected chi connectivity index (χ3v) is 7.65. The molecule has 4 rings (SSSR count). The highest BCUT2D eigenvalue weighted by atomic mass is 32.2. The van der Waals surface area contributed by atoms with Crippen molar-refractivity contribution in [2.24, 2.45) is 0 Å². The molecule has 0 saturated carbocycles. The Morgan fingerprint density at radius 1 is 1.00 bits per heavy atom. The van der Waals surface area contributed by atoms with E-state index >= 15 is 0 Å². The van der Waals surface area contributed by atoms with Crippen LogP contribution in [0.3, 0.4) is 0 Å². The summed E-state index contributed by atoms with van der Waals surface area (Å²) in [5, 5.41) is 2.94. The van der Waals surface area contributed by atoms with Crippen molar-refractivity contribution in [1.82, 2.24) is 4.31 Å². The Morgan fingerprint density at radius 2 is 1.76 bits per heavy atom. The lowest BCUT2D eigenvalue weighted by molar-refractivity contribution is -0.124. The fraction of sp³-hybridized carbons (Fsp3) is 0.650. The summed E-state index contributed by atoms with van der Waals surface area (Å²) in [5.41, 5.74) is 1.34. The van der Waals surface area contributed by atoms with Crippen LogP contribution < -0.4 is 10.2 Å². The number of anilines is 2. The van der Waals surface area contributed by atoms with Gasteiger partial charge >= 0.3 is 0 Å². The number of ether oxygens (including phenoxy) is 2. The van der Waals surface area contributed by atoms with Gasteiger partial charge in [0, 0.05) is 32.8 Å². The molecule has 1 aromatic rings. The van der Waals surface area contributed by atoms with Gasteiger partial charge in [-0.3, -0.25) is 4.79 Å². The first-order valence-electron chi connectivity index (χ1n) is 10.4. The zero-order valence-electron chi connectivity index (χ0n) is 16.6. The number of rotatable bonds is 5. The monoisotopic (exact) mass is 423 g/mol. The summed E-state index contributed by atoms with van der Waals surface area (Å²) in [6, 6.07) is 5.05. The molecule has 3 fully saturated rings. The molecule has 1 N–H and O–H groups in total. The van der Waals surface area contributed by atoms with Crippen LogP contribution in [0.4, 0.5) is 11.4 Å². The van der Waals surface area contributed by atoms with Crippen LogP contribution in [-0.4, -0.2) is 70.7 Å². The van der Waals surface area contributed by atoms with Gasteiger partial charge in [-0.15, -0.1) is 0 Å². The quantitative estimate of drug-likeness (QED) is 0.777. The van der Waals surface area contributed by atoms with E-state index in [0.717, 1.165) is 31.4 Å². The molecule has 1 atom stereocenters. The SMILES string of the molecule is O=C(Nc1cc(S(=O)(=O)N2CCCCC2)ccc1N1CCOCC1)C1CCCO1. The third-order valence-electron chi connectivity index (χ3n) is 5.75. The number of amides is 1. The molecule has 3 aliphatic rings. The van der Waals surface area contributed by atoms with E-state index in [1.54, 1.807) is 22.5 Å². The lowest BCUT2D eigenvalue weighted by Gasteiger charge is -2.31. The molecule has 29 heavy (non-hydrogen) atoms. The van der Waals surface area contributed by atoms with Gasteiger partial charge in [0.1, 0.15) is 6.10 Å². The number of morpholine rings is 1. The second-order valence-corrected chi connectivity index (χ2v) is 9.67. The van der Waals surface area contributed by atoms with Crippen molar-refractivity contribution < 1.29 is 22.7 Å². The number of benzene rings is 1. The van der Waals surface area contributed by atoms with Gasteiger partial charge in [-0.2, -0.15) is 4.31 Å². The number of nitrogens with one attached hydrogen (secondary N) is 1. The average molecular weight is 424 g/mol. The number of nitrogens with zero attached hydrogens (tertiary/aromatic N) is 2. The average Bonchev–Trinajstić information content (AvgIpc) is 3.30. The molecule has 9 heteroatoms. The second-order valence-electron chi connectivity index (χ2n) is 7.73. The number of hydrogen-bond acceptors (Lipinski definition) is 6. The fourth-order valence-corrected chi connectivity index (χ4v) is 5.65. The molecule has 1 amide bonds. The molecule has 3 saturated heterocycles. The minimum absolute atomic E-state index is 0.218. The van der Waals surface area contributed by atoms with E-state index < -0.39 is 16.1 Å². The van der Waals surface area contributed by atoms with Gasteiger partial charge < -0.3 is 19.7 Å². The highest BCUT2D eigenvalue weighted by molar-refractivity contribution is 7.89. The molecule has 1 unspecified atom stereocenters. The molecule has 0 aliphatic carbocycles. The Kier molecular flexibility index (Phi) is 6.38.